The molecule has 0 fully saturated rings. The van der Waals surface area contributed by atoms with Gasteiger partial charge in [0.05, 0.1) is 16.9 Å². The number of aryl methyl sites for hydroxylation is 4. The van der Waals surface area contributed by atoms with Gasteiger partial charge in [0.15, 0.2) is 5.65 Å². The van der Waals surface area contributed by atoms with Gasteiger partial charge < -0.3 is 20.1 Å². The van der Waals surface area contributed by atoms with Crippen molar-refractivity contribution in [3.05, 3.63) is 64.1 Å². The Morgan fingerprint density at radius 3 is 2.71 bits per heavy atom. The molecular weight excluding hydrogens is 352 g/mol. The minimum Gasteiger partial charge on any atom is -0.378 e. The zero-order chi connectivity index (χ0) is 20.4. The first kappa shape index (κ1) is 19.9. The Balaban J connectivity index is 2.02. The van der Waals surface area contributed by atoms with Crippen LogP contribution in [0.2, 0.25) is 0 Å². The molecule has 0 radical (unpaired) electrons. The molecule has 1 unspecified atom stereocenters. The Morgan fingerprint density at radius 2 is 2.04 bits per heavy atom. The molecule has 1 aromatic carbocycles. The van der Waals surface area contributed by atoms with Crippen LogP contribution >= 0.6 is 0 Å². The summed E-state index contributed by atoms with van der Waals surface area (Å²) >= 11 is 0. The van der Waals surface area contributed by atoms with Gasteiger partial charge >= 0.3 is 0 Å². The summed E-state index contributed by atoms with van der Waals surface area (Å²) in [4.78, 5) is 17.1. The van der Waals surface area contributed by atoms with Crippen LogP contribution in [0.3, 0.4) is 0 Å². The van der Waals surface area contributed by atoms with E-state index in [1.165, 1.54) is 23.6 Å². The number of hydrogen-bond donors (Lipinski definition) is 3. The topological polar surface area (TPSA) is 78.7 Å². The molecule has 0 aliphatic heterocycles. The number of nitrogens with zero attached hydrogens (tertiary/aromatic N) is 2. The third-order valence-corrected chi connectivity index (χ3v) is 5.14. The van der Waals surface area contributed by atoms with Crippen molar-refractivity contribution in [2.45, 2.75) is 53.8 Å². The highest BCUT2D eigenvalue weighted by Gasteiger charge is 2.16. The second-order valence-electron chi connectivity index (χ2n) is 7.19. The van der Waals surface area contributed by atoms with Crippen molar-refractivity contribution in [3.63, 3.8) is 0 Å². The molecule has 2 heterocycles. The Hall–Kier alpha value is -2.86. The van der Waals surface area contributed by atoms with Crippen LogP contribution in [-0.2, 0) is 13.0 Å². The molecule has 0 saturated heterocycles. The average molecular weight is 380 g/mol. The van der Waals surface area contributed by atoms with E-state index in [9.17, 15) is 9.90 Å². The number of benzene rings is 1. The average Bonchev–Trinajstić information content (AvgIpc) is 2.94. The maximum Gasteiger partial charge on any atom is 0.254 e. The zero-order valence-corrected chi connectivity index (χ0v) is 17.1. The molecule has 6 nitrogen and oxygen atoms in total. The number of aliphatic hydroxyl groups is 1. The van der Waals surface area contributed by atoms with E-state index >= 15 is 0 Å². The van der Waals surface area contributed by atoms with Crippen LogP contribution in [0.25, 0.3) is 5.65 Å². The number of pyridine rings is 1. The highest BCUT2D eigenvalue weighted by Crippen LogP contribution is 2.24. The van der Waals surface area contributed by atoms with Crippen LogP contribution < -0.4 is 10.6 Å². The number of fused-ring (bicyclic) bond motifs is 1. The van der Waals surface area contributed by atoms with E-state index in [-0.39, 0.29) is 5.91 Å². The van der Waals surface area contributed by atoms with Gasteiger partial charge in [-0.1, -0.05) is 25.1 Å². The van der Waals surface area contributed by atoms with Crippen LogP contribution in [-0.4, -0.2) is 26.6 Å². The lowest BCUT2D eigenvalue weighted by atomic mass is 10.00. The van der Waals surface area contributed by atoms with E-state index in [1.54, 1.807) is 12.3 Å². The lowest BCUT2D eigenvalue weighted by Crippen LogP contribution is -2.32. The highest BCUT2D eigenvalue weighted by atomic mass is 16.3. The Labute approximate surface area is 165 Å². The summed E-state index contributed by atoms with van der Waals surface area (Å²) in [7, 11) is 0. The molecule has 28 heavy (non-hydrogen) atoms. The monoisotopic (exact) mass is 380 g/mol. The number of hydrogen-bond acceptors (Lipinski definition) is 4. The van der Waals surface area contributed by atoms with Crippen LogP contribution in [0.15, 0.2) is 30.5 Å². The number of imidazole rings is 1. The Morgan fingerprint density at radius 1 is 1.29 bits per heavy atom. The number of aliphatic hydroxyl groups excluding tert-OH is 1. The number of carbonyl (C=O) groups is 1. The molecule has 6 heteroatoms. The number of amides is 1. The van der Waals surface area contributed by atoms with Gasteiger partial charge in [0.1, 0.15) is 6.23 Å². The fraction of sp³-hybridized carbons (Fsp3) is 0.364. The summed E-state index contributed by atoms with van der Waals surface area (Å²) in [6.45, 7) is 10.4. The van der Waals surface area contributed by atoms with Gasteiger partial charge in [-0.3, -0.25) is 4.79 Å². The van der Waals surface area contributed by atoms with Crippen molar-refractivity contribution in [1.82, 2.24) is 14.7 Å². The van der Waals surface area contributed by atoms with Gasteiger partial charge in [0.2, 0.25) is 0 Å². The minimum absolute atomic E-state index is 0.323. The Bertz CT molecular complexity index is 1020. The summed E-state index contributed by atoms with van der Waals surface area (Å²) in [6.07, 6.45) is 1.81. The molecule has 0 spiro atoms. The molecule has 0 saturated carbocycles. The quantitative estimate of drug-likeness (QED) is 0.572. The molecule has 3 aromatic rings. The number of anilines is 1. The van der Waals surface area contributed by atoms with Crippen LogP contribution in [0, 0.1) is 20.8 Å². The molecular formula is C22H28N4O2. The summed E-state index contributed by atoms with van der Waals surface area (Å²) in [5.74, 6) is -0.323. The van der Waals surface area contributed by atoms with Gasteiger partial charge in [0, 0.05) is 18.4 Å². The highest BCUT2D eigenvalue weighted by molar-refractivity contribution is 5.96. The van der Waals surface area contributed by atoms with Crippen molar-refractivity contribution in [2.75, 3.05) is 5.32 Å². The predicted molar refractivity (Wildman–Crippen MR) is 112 cm³/mol. The van der Waals surface area contributed by atoms with Crippen molar-refractivity contribution in [2.24, 2.45) is 0 Å². The molecule has 3 rings (SSSR count). The van der Waals surface area contributed by atoms with Crippen molar-refractivity contribution < 1.29 is 9.90 Å². The first-order valence-corrected chi connectivity index (χ1v) is 9.61. The molecule has 1 atom stereocenters. The maximum absolute atomic E-state index is 12.5. The summed E-state index contributed by atoms with van der Waals surface area (Å²) in [5, 5.41) is 15.5. The number of rotatable bonds is 6. The fourth-order valence-corrected chi connectivity index (χ4v) is 3.43. The minimum atomic E-state index is -0.913. The van der Waals surface area contributed by atoms with Crippen molar-refractivity contribution in [3.8, 4) is 0 Å². The standard InChI is InChI=1S/C22H28N4O2/c1-6-17-9-7-8-13(2)19(17)11-23-20-10-18(22(28)25-16(5)27)12-26-15(4)14(3)24-21(20)26/h7-10,12,16,23,27H,6,11H2,1-5H3,(H,25,28). The Kier molecular flexibility index (Phi) is 5.70. The number of nitrogens with one attached hydrogen (secondary N) is 2. The van der Waals surface area contributed by atoms with E-state index in [2.05, 4.69) is 47.7 Å². The van der Waals surface area contributed by atoms with E-state index in [0.29, 0.717) is 12.1 Å². The third-order valence-electron chi connectivity index (χ3n) is 5.14. The largest absolute Gasteiger partial charge is 0.378 e. The van der Waals surface area contributed by atoms with Crippen LogP contribution in [0.5, 0.6) is 0 Å². The lowest BCUT2D eigenvalue weighted by molar-refractivity contribution is 0.0818. The number of carbonyl (C=O) groups excluding carboxylic acids is 1. The molecule has 0 aliphatic carbocycles. The van der Waals surface area contributed by atoms with E-state index in [1.807, 2.05) is 18.2 Å². The molecule has 0 bridgehead atoms. The summed E-state index contributed by atoms with van der Waals surface area (Å²) in [5.41, 5.74) is 7.76. The van der Waals surface area contributed by atoms with E-state index in [4.69, 9.17) is 0 Å². The zero-order valence-electron chi connectivity index (χ0n) is 17.1. The second-order valence-corrected chi connectivity index (χ2v) is 7.19. The summed E-state index contributed by atoms with van der Waals surface area (Å²) in [6, 6.07) is 8.14. The van der Waals surface area contributed by atoms with Gasteiger partial charge in [-0.15, -0.1) is 0 Å². The second kappa shape index (κ2) is 8.02. The fourth-order valence-electron chi connectivity index (χ4n) is 3.43. The first-order chi connectivity index (χ1) is 13.3. The van der Waals surface area contributed by atoms with E-state index < -0.39 is 6.23 Å². The van der Waals surface area contributed by atoms with Crippen LogP contribution in [0.4, 0.5) is 5.69 Å². The smallest absolute Gasteiger partial charge is 0.254 e. The normalized spacial score (nSPS) is 12.2. The predicted octanol–water partition coefficient (Wildman–Crippen LogP) is 3.50. The summed E-state index contributed by atoms with van der Waals surface area (Å²) < 4.78 is 1.92. The molecule has 148 valence electrons. The molecule has 1 amide bonds. The molecule has 2 aromatic heterocycles. The SMILES string of the molecule is CCc1cccc(C)c1CNc1cc(C(=O)NC(C)O)cn2c(C)c(C)nc12. The number of aromatic nitrogens is 2. The third kappa shape index (κ3) is 3.87. The van der Waals surface area contributed by atoms with Crippen molar-refractivity contribution in [1.29, 1.82) is 0 Å². The molecule has 0 aliphatic rings. The van der Waals surface area contributed by atoms with Gasteiger partial charge in [-0.25, -0.2) is 4.98 Å². The van der Waals surface area contributed by atoms with Crippen LogP contribution in [0.1, 0.15) is 52.3 Å². The maximum atomic E-state index is 12.5. The van der Waals surface area contributed by atoms with Gasteiger partial charge in [-0.2, -0.15) is 0 Å². The lowest BCUT2D eigenvalue weighted by Gasteiger charge is -2.15. The van der Waals surface area contributed by atoms with Gasteiger partial charge in [-0.05, 0) is 56.9 Å². The first-order valence-electron chi connectivity index (χ1n) is 9.61. The molecule has 3 N–H and O–H groups in total. The van der Waals surface area contributed by atoms with Gasteiger partial charge in [0.25, 0.3) is 5.91 Å². The van der Waals surface area contributed by atoms with E-state index in [0.717, 1.165) is 29.1 Å². The van der Waals surface area contributed by atoms with Crippen molar-refractivity contribution >= 4 is 17.2 Å².